The molecule has 0 radical (unpaired) electrons. The Labute approximate surface area is 71.1 Å². The van der Waals surface area contributed by atoms with Gasteiger partial charge in [-0.3, -0.25) is 0 Å². The van der Waals surface area contributed by atoms with Gasteiger partial charge in [-0.2, -0.15) is 0 Å². The second-order valence-corrected chi connectivity index (χ2v) is 3.31. The molecule has 0 N–H and O–H groups in total. The fraction of sp³-hybridized carbons (Fsp3) is 0.750. The topological polar surface area (TPSA) is 40.6 Å². The highest BCUT2D eigenvalue weighted by molar-refractivity contribution is 5.80. The van der Waals surface area contributed by atoms with Crippen LogP contribution in [0.5, 0.6) is 0 Å². The van der Waals surface area contributed by atoms with Crippen LogP contribution in [0, 0.1) is 0 Å². The predicted octanol–water partition coefficient (Wildman–Crippen LogP) is 0.0853. The molecule has 2 heterocycles. The van der Waals surface area contributed by atoms with Gasteiger partial charge in [0.25, 0.3) is 0 Å². The zero-order valence-corrected chi connectivity index (χ0v) is 6.90. The van der Waals surface area contributed by atoms with Gasteiger partial charge in [0.15, 0.2) is 0 Å². The molecule has 2 amide bonds. The van der Waals surface area contributed by atoms with Crippen LogP contribution in [0.1, 0.15) is 12.8 Å². The highest BCUT2D eigenvalue weighted by Gasteiger charge is 2.35. The van der Waals surface area contributed by atoms with E-state index in [0.717, 1.165) is 38.8 Å². The van der Waals surface area contributed by atoms with Gasteiger partial charge in [0.2, 0.25) is 0 Å². The Hall–Kier alpha value is -1.06. The lowest BCUT2D eigenvalue weighted by molar-refractivity contribution is -0.114. The Morgan fingerprint density at radius 3 is 2.42 bits per heavy atom. The molecule has 2 aliphatic rings. The predicted molar refractivity (Wildman–Crippen MR) is 42.8 cm³/mol. The number of rotatable bonds is 1. The fourth-order valence-corrected chi connectivity index (χ4v) is 1.48. The molecule has 0 aromatic rings. The van der Waals surface area contributed by atoms with E-state index in [0.29, 0.717) is 0 Å². The number of carbonyl (C=O) groups is 2. The van der Waals surface area contributed by atoms with Gasteiger partial charge in [-0.05, 0) is 12.8 Å². The van der Waals surface area contributed by atoms with Crippen molar-refractivity contribution in [3.05, 3.63) is 0 Å². The normalized spacial score (nSPS) is 27.5. The lowest BCUT2D eigenvalue weighted by atomic mass is 10.1. The van der Waals surface area contributed by atoms with Gasteiger partial charge in [-0.1, -0.05) is 0 Å². The van der Waals surface area contributed by atoms with Crippen molar-refractivity contribution in [2.24, 2.45) is 0 Å². The molecule has 0 bridgehead atoms. The van der Waals surface area contributed by atoms with Crippen LogP contribution in [-0.2, 0) is 4.79 Å². The first-order chi connectivity index (χ1) is 5.83. The first-order valence-corrected chi connectivity index (χ1v) is 4.34. The van der Waals surface area contributed by atoms with Crippen molar-refractivity contribution >= 4 is 12.3 Å². The summed E-state index contributed by atoms with van der Waals surface area (Å²) in [6.45, 7) is 2.47. The quantitative estimate of drug-likeness (QED) is 0.520. The molecule has 0 aliphatic carbocycles. The number of hydrogen-bond acceptors (Lipinski definition) is 2. The van der Waals surface area contributed by atoms with E-state index in [-0.39, 0.29) is 12.1 Å². The number of hydrogen-bond donors (Lipinski definition) is 0. The lowest BCUT2D eigenvalue weighted by Gasteiger charge is -2.43. The summed E-state index contributed by atoms with van der Waals surface area (Å²) in [6, 6.07) is -0.0947. The second-order valence-electron chi connectivity index (χ2n) is 3.31. The molecule has 2 aliphatic heterocycles. The van der Waals surface area contributed by atoms with Gasteiger partial charge < -0.3 is 14.6 Å². The highest BCUT2D eigenvalue weighted by atomic mass is 16.2. The summed E-state index contributed by atoms with van der Waals surface area (Å²) < 4.78 is 0. The summed E-state index contributed by atoms with van der Waals surface area (Å²) in [5.74, 6) is 0. The van der Waals surface area contributed by atoms with Gasteiger partial charge >= 0.3 is 6.03 Å². The minimum absolute atomic E-state index is 0.0459. The van der Waals surface area contributed by atoms with E-state index >= 15 is 0 Å². The van der Waals surface area contributed by atoms with E-state index in [1.54, 1.807) is 9.80 Å². The molecular weight excluding hydrogens is 156 g/mol. The first-order valence-electron chi connectivity index (χ1n) is 4.34. The van der Waals surface area contributed by atoms with E-state index in [4.69, 9.17) is 0 Å². The van der Waals surface area contributed by atoms with E-state index in [1.165, 1.54) is 0 Å². The van der Waals surface area contributed by atoms with Gasteiger partial charge in [0.05, 0.1) is 6.04 Å². The highest BCUT2D eigenvalue weighted by Crippen LogP contribution is 2.19. The summed E-state index contributed by atoms with van der Waals surface area (Å²) in [5.41, 5.74) is 0. The molecule has 4 heteroatoms. The van der Waals surface area contributed by atoms with Crippen LogP contribution in [0.2, 0.25) is 0 Å². The van der Waals surface area contributed by atoms with Crippen LogP contribution < -0.4 is 0 Å². The number of amides is 2. The largest absolute Gasteiger partial charge is 0.325 e. The van der Waals surface area contributed by atoms with E-state index in [1.807, 2.05) is 0 Å². The van der Waals surface area contributed by atoms with Crippen LogP contribution in [0.25, 0.3) is 0 Å². The molecule has 0 aromatic carbocycles. The summed E-state index contributed by atoms with van der Waals surface area (Å²) in [6.07, 6.45) is 2.80. The van der Waals surface area contributed by atoms with Crippen LogP contribution in [0.4, 0.5) is 4.79 Å². The zero-order valence-electron chi connectivity index (χ0n) is 6.90. The molecule has 0 saturated carbocycles. The average molecular weight is 168 g/mol. The van der Waals surface area contributed by atoms with E-state index in [2.05, 4.69) is 0 Å². The first kappa shape index (κ1) is 7.58. The molecule has 4 nitrogen and oxygen atoms in total. The standard InChI is InChI=1S/C8H12N2O2/c11-6-7-2-5-10(7)8(12)9-3-1-4-9/h6-7H,1-5H2. The summed E-state index contributed by atoms with van der Waals surface area (Å²) in [4.78, 5) is 25.3. The smallest absolute Gasteiger partial charge is 0.320 e. The van der Waals surface area contributed by atoms with E-state index in [9.17, 15) is 9.59 Å². The molecule has 2 rings (SSSR count). The minimum atomic E-state index is -0.141. The average Bonchev–Trinajstić information content (AvgIpc) is 1.80. The maximum absolute atomic E-state index is 11.5. The molecule has 2 fully saturated rings. The number of urea groups is 1. The van der Waals surface area contributed by atoms with Crippen molar-refractivity contribution in [1.29, 1.82) is 0 Å². The van der Waals surface area contributed by atoms with Crippen molar-refractivity contribution in [3.63, 3.8) is 0 Å². The molecule has 66 valence electrons. The number of carbonyl (C=O) groups excluding carboxylic acids is 2. The van der Waals surface area contributed by atoms with Gasteiger partial charge in [-0.25, -0.2) is 4.79 Å². The molecule has 0 aromatic heterocycles. The molecule has 2 saturated heterocycles. The second kappa shape index (κ2) is 2.77. The maximum Gasteiger partial charge on any atom is 0.320 e. The minimum Gasteiger partial charge on any atom is -0.325 e. The van der Waals surface area contributed by atoms with E-state index < -0.39 is 0 Å². The van der Waals surface area contributed by atoms with Crippen molar-refractivity contribution < 1.29 is 9.59 Å². The lowest BCUT2D eigenvalue weighted by Crippen LogP contribution is -2.59. The van der Waals surface area contributed by atoms with Crippen molar-refractivity contribution in [2.75, 3.05) is 19.6 Å². The van der Waals surface area contributed by atoms with Gasteiger partial charge in [0, 0.05) is 19.6 Å². The Balaban J connectivity index is 1.90. The summed E-state index contributed by atoms with van der Waals surface area (Å²) in [5, 5.41) is 0. The van der Waals surface area contributed by atoms with Crippen molar-refractivity contribution in [1.82, 2.24) is 9.80 Å². The van der Waals surface area contributed by atoms with Crippen LogP contribution in [-0.4, -0.2) is 47.8 Å². The maximum atomic E-state index is 11.5. The Kier molecular flexibility index (Phi) is 1.75. The molecule has 1 atom stereocenters. The summed E-state index contributed by atoms with van der Waals surface area (Å²) in [7, 11) is 0. The molecule has 12 heavy (non-hydrogen) atoms. The third-order valence-electron chi connectivity index (χ3n) is 2.60. The van der Waals surface area contributed by atoms with Gasteiger partial charge in [-0.15, -0.1) is 0 Å². The molecular formula is C8H12N2O2. The Morgan fingerprint density at radius 1 is 1.33 bits per heavy atom. The van der Waals surface area contributed by atoms with Crippen LogP contribution >= 0.6 is 0 Å². The Bertz CT molecular complexity index is 213. The number of aldehydes is 1. The van der Waals surface area contributed by atoms with Crippen molar-refractivity contribution in [2.45, 2.75) is 18.9 Å². The summed E-state index contributed by atoms with van der Waals surface area (Å²) >= 11 is 0. The third kappa shape index (κ3) is 0.983. The monoisotopic (exact) mass is 168 g/mol. The zero-order chi connectivity index (χ0) is 8.55. The Morgan fingerprint density at radius 2 is 2.08 bits per heavy atom. The molecule has 1 unspecified atom stereocenters. The van der Waals surface area contributed by atoms with Gasteiger partial charge in [0.1, 0.15) is 6.29 Å². The van der Waals surface area contributed by atoms with Crippen LogP contribution in [0.15, 0.2) is 0 Å². The number of nitrogens with zero attached hydrogens (tertiary/aromatic N) is 2. The van der Waals surface area contributed by atoms with Crippen molar-refractivity contribution in [3.8, 4) is 0 Å². The molecule has 0 spiro atoms. The fourth-order valence-electron chi connectivity index (χ4n) is 1.48. The number of likely N-dealkylation sites (tertiary alicyclic amines) is 2. The SMILES string of the molecule is O=CC1CCN1C(=O)N1CCC1. The van der Waals surface area contributed by atoms with Crippen LogP contribution in [0.3, 0.4) is 0 Å². The third-order valence-corrected chi connectivity index (χ3v) is 2.60.